The van der Waals surface area contributed by atoms with Crippen molar-refractivity contribution in [2.75, 3.05) is 5.32 Å². The molecule has 0 saturated carbocycles. The fourth-order valence-corrected chi connectivity index (χ4v) is 3.34. The Balaban J connectivity index is 1.61. The largest absolute Gasteiger partial charge is 0.481 e. The Hall–Kier alpha value is -2.93. The minimum atomic E-state index is -0.812. The molecule has 2 heterocycles. The summed E-state index contributed by atoms with van der Waals surface area (Å²) in [5.74, 6) is -1.02. The minimum absolute atomic E-state index is 0.117. The first-order chi connectivity index (χ1) is 12.6. The van der Waals surface area contributed by atoms with Gasteiger partial charge >= 0.3 is 5.97 Å². The van der Waals surface area contributed by atoms with Gasteiger partial charge in [-0.25, -0.2) is 4.98 Å². The summed E-state index contributed by atoms with van der Waals surface area (Å²) >= 11 is 1.34. The number of nitrogens with zero attached hydrogens (tertiary/aromatic N) is 2. The van der Waals surface area contributed by atoms with E-state index in [2.05, 4.69) is 10.3 Å². The van der Waals surface area contributed by atoms with E-state index in [9.17, 15) is 9.59 Å². The Labute approximate surface area is 155 Å². The number of carboxylic acids is 1. The van der Waals surface area contributed by atoms with Gasteiger partial charge in [-0.05, 0) is 30.5 Å². The van der Waals surface area contributed by atoms with Gasteiger partial charge in [0, 0.05) is 24.5 Å². The molecule has 134 valence electrons. The van der Waals surface area contributed by atoms with E-state index >= 15 is 0 Å². The number of carboxylic acid groups (broad SMARTS) is 1. The van der Waals surface area contributed by atoms with Crippen LogP contribution in [0.25, 0.3) is 0 Å². The number of anilines is 1. The van der Waals surface area contributed by atoms with Crippen molar-refractivity contribution < 1.29 is 14.7 Å². The third-order valence-corrected chi connectivity index (χ3v) is 4.66. The molecule has 0 aliphatic carbocycles. The van der Waals surface area contributed by atoms with Crippen molar-refractivity contribution in [3.63, 3.8) is 0 Å². The highest BCUT2D eigenvalue weighted by molar-refractivity contribution is 7.13. The van der Waals surface area contributed by atoms with Crippen molar-refractivity contribution in [2.45, 2.75) is 25.8 Å². The number of aromatic nitrogens is 2. The molecule has 0 atom stereocenters. The van der Waals surface area contributed by atoms with Gasteiger partial charge in [0.05, 0.1) is 5.69 Å². The van der Waals surface area contributed by atoms with Crippen molar-refractivity contribution in [3.05, 3.63) is 71.0 Å². The lowest BCUT2D eigenvalue weighted by molar-refractivity contribution is -0.137. The molecule has 3 rings (SSSR count). The van der Waals surface area contributed by atoms with Crippen LogP contribution in [0.5, 0.6) is 0 Å². The van der Waals surface area contributed by atoms with E-state index in [4.69, 9.17) is 5.11 Å². The number of rotatable bonds is 8. The Kier molecular flexibility index (Phi) is 5.80. The number of carbonyl (C=O) groups excluding carboxylic acids is 1. The van der Waals surface area contributed by atoms with E-state index in [1.54, 1.807) is 6.07 Å². The summed E-state index contributed by atoms with van der Waals surface area (Å²) < 4.78 is 1.89. The van der Waals surface area contributed by atoms with Gasteiger partial charge < -0.3 is 9.67 Å². The van der Waals surface area contributed by atoms with E-state index in [1.807, 2.05) is 52.5 Å². The van der Waals surface area contributed by atoms with Crippen LogP contribution in [0, 0.1) is 0 Å². The van der Waals surface area contributed by atoms with Crippen LogP contribution in [-0.2, 0) is 17.8 Å². The zero-order valence-corrected chi connectivity index (χ0v) is 14.9. The van der Waals surface area contributed by atoms with Crippen molar-refractivity contribution >= 4 is 28.3 Å². The number of amides is 1. The number of nitrogens with one attached hydrogen (secondary N) is 1. The van der Waals surface area contributed by atoms with E-state index in [1.165, 1.54) is 11.3 Å². The first-order valence-electron chi connectivity index (χ1n) is 8.28. The van der Waals surface area contributed by atoms with Crippen LogP contribution >= 0.6 is 11.3 Å². The molecule has 6 nitrogen and oxygen atoms in total. The lowest BCUT2D eigenvalue weighted by Gasteiger charge is -2.08. The highest BCUT2D eigenvalue weighted by Gasteiger charge is 2.13. The number of aryl methyl sites for hydroxylation is 1. The monoisotopic (exact) mass is 369 g/mol. The van der Waals surface area contributed by atoms with Gasteiger partial charge in [0.1, 0.15) is 5.69 Å². The summed E-state index contributed by atoms with van der Waals surface area (Å²) in [5.41, 5.74) is 2.48. The van der Waals surface area contributed by atoms with Crippen molar-refractivity contribution in [1.82, 2.24) is 9.55 Å². The lowest BCUT2D eigenvalue weighted by Crippen LogP contribution is -2.17. The molecule has 2 aromatic heterocycles. The maximum atomic E-state index is 12.6. The van der Waals surface area contributed by atoms with Crippen molar-refractivity contribution in [3.8, 4) is 0 Å². The third kappa shape index (κ3) is 4.80. The molecule has 1 aromatic carbocycles. The SMILES string of the molecule is O=C(O)CCCc1csc(NC(=O)c2cccn2Cc2ccccc2)n1. The average Bonchev–Trinajstić information content (AvgIpc) is 3.25. The molecular formula is C19H19N3O3S. The first kappa shape index (κ1) is 17.9. The van der Waals surface area contributed by atoms with E-state index in [0.29, 0.717) is 30.2 Å². The molecule has 0 aliphatic heterocycles. The second-order valence-corrected chi connectivity index (χ2v) is 6.71. The molecular weight excluding hydrogens is 350 g/mol. The molecule has 0 fully saturated rings. The second kappa shape index (κ2) is 8.44. The van der Waals surface area contributed by atoms with E-state index < -0.39 is 5.97 Å². The normalized spacial score (nSPS) is 10.6. The van der Waals surface area contributed by atoms with Crippen LogP contribution in [0.2, 0.25) is 0 Å². The van der Waals surface area contributed by atoms with Crippen molar-refractivity contribution in [1.29, 1.82) is 0 Å². The highest BCUT2D eigenvalue weighted by atomic mass is 32.1. The number of thiazole rings is 1. The minimum Gasteiger partial charge on any atom is -0.481 e. The quantitative estimate of drug-likeness (QED) is 0.635. The maximum absolute atomic E-state index is 12.6. The van der Waals surface area contributed by atoms with Crippen molar-refractivity contribution in [2.24, 2.45) is 0 Å². The Bertz CT molecular complexity index is 886. The molecule has 0 saturated heterocycles. The van der Waals surface area contributed by atoms with E-state index in [0.717, 1.165) is 11.3 Å². The molecule has 26 heavy (non-hydrogen) atoms. The number of carbonyl (C=O) groups is 2. The summed E-state index contributed by atoms with van der Waals surface area (Å²) in [6, 6.07) is 13.6. The zero-order chi connectivity index (χ0) is 18.4. The van der Waals surface area contributed by atoms with Crippen LogP contribution in [0.1, 0.15) is 34.6 Å². The van der Waals surface area contributed by atoms with Crippen LogP contribution < -0.4 is 5.32 Å². The summed E-state index contributed by atoms with van der Waals surface area (Å²) in [4.78, 5) is 27.5. The summed E-state index contributed by atoms with van der Waals surface area (Å²) in [6.45, 7) is 0.620. The van der Waals surface area contributed by atoms with Gasteiger partial charge in [-0.15, -0.1) is 11.3 Å². The lowest BCUT2D eigenvalue weighted by atomic mass is 10.2. The average molecular weight is 369 g/mol. The first-order valence-corrected chi connectivity index (χ1v) is 9.16. The van der Waals surface area contributed by atoms with Crippen LogP contribution in [0.4, 0.5) is 5.13 Å². The van der Waals surface area contributed by atoms with Gasteiger partial charge in [-0.2, -0.15) is 0 Å². The standard InChI is InChI=1S/C19H19N3O3S/c23-17(24)10-4-8-15-13-26-19(20-15)21-18(25)16-9-5-11-22(16)12-14-6-2-1-3-7-14/h1-3,5-7,9,11,13H,4,8,10,12H2,(H,23,24)(H,20,21,25). The molecule has 1 amide bonds. The van der Waals surface area contributed by atoms with E-state index in [-0.39, 0.29) is 12.3 Å². The van der Waals surface area contributed by atoms with Crippen LogP contribution in [0.3, 0.4) is 0 Å². The summed E-state index contributed by atoms with van der Waals surface area (Å²) in [7, 11) is 0. The molecule has 0 unspecified atom stereocenters. The van der Waals surface area contributed by atoms with Gasteiger partial charge in [0.25, 0.3) is 5.91 Å². The topological polar surface area (TPSA) is 84.2 Å². The van der Waals surface area contributed by atoms with Crippen LogP contribution in [0.15, 0.2) is 54.0 Å². The molecule has 3 aromatic rings. The fraction of sp³-hybridized carbons (Fsp3) is 0.211. The number of hydrogen-bond donors (Lipinski definition) is 2. The molecule has 0 radical (unpaired) electrons. The Morgan fingerprint density at radius 1 is 1.15 bits per heavy atom. The van der Waals surface area contributed by atoms with Gasteiger partial charge in [0.15, 0.2) is 5.13 Å². The number of benzene rings is 1. The zero-order valence-electron chi connectivity index (χ0n) is 14.1. The number of hydrogen-bond acceptors (Lipinski definition) is 4. The second-order valence-electron chi connectivity index (χ2n) is 5.85. The third-order valence-electron chi connectivity index (χ3n) is 3.85. The van der Waals surface area contributed by atoms with Gasteiger partial charge in [-0.1, -0.05) is 30.3 Å². The molecule has 2 N–H and O–H groups in total. The predicted molar refractivity (Wildman–Crippen MR) is 101 cm³/mol. The van der Waals surface area contributed by atoms with Gasteiger partial charge in [0.2, 0.25) is 0 Å². The molecule has 0 bridgehead atoms. The molecule has 0 spiro atoms. The maximum Gasteiger partial charge on any atom is 0.303 e. The fourth-order valence-electron chi connectivity index (χ4n) is 2.60. The van der Waals surface area contributed by atoms with Crippen LogP contribution in [-0.4, -0.2) is 26.5 Å². The highest BCUT2D eigenvalue weighted by Crippen LogP contribution is 2.18. The predicted octanol–water partition coefficient (Wildman–Crippen LogP) is 3.65. The summed E-state index contributed by atoms with van der Waals surface area (Å²) in [6.07, 6.45) is 3.11. The number of aliphatic carboxylic acids is 1. The smallest absolute Gasteiger partial charge is 0.303 e. The Morgan fingerprint density at radius 3 is 2.73 bits per heavy atom. The molecule has 7 heteroatoms. The molecule has 0 aliphatic rings. The van der Waals surface area contributed by atoms with Gasteiger partial charge in [-0.3, -0.25) is 14.9 Å². The Morgan fingerprint density at radius 2 is 1.96 bits per heavy atom. The summed E-state index contributed by atoms with van der Waals surface area (Å²) in [5, 5.41) is 13.9.